The van der Waals surface area contributed by atoms with Crippen LogP contribution in [-0.2, 0) is 13.1 Å². The lowest BCUT2D eigenvalue weighted by Gasteiger charge is -2.40. The van der Waals surface area contributed by atoms with Crippen molar-refractivity contribution in [3.63, 3.8) is 0 Å². The van der Waals surface area contributed by atoms with Gasteiger partial charge < -0.3 is 9.47 Å². The molecule has 0 aromatic carbocycles. The normalized spacial score (nSPS) is 19.2. The van der Waals surface area contributed by atoms with E-state index in [-0.39, 0.29) is 0 Å². The van der Waals surface area contributed by atoms with Crippen molar-refractivity contribution < 1.29 is 0 Å². The number of aryl methyl sites for hydroxylation is 1. The highest BCUT2D eigenvalue weighted by Crippen LogP contribution is 2.18. The monoisotopic (exact) mass is 327 g/mol. The molecule has 3 aromatic heterocycles. The summed E-state index contributed by atoms with van der Waals surface area (Å²) in [5.74, 6) is 2.04. The Morgan fingerprint density at radius 2 is 2.17 bits per heavy atom. The van der Waals surface area contributed by atoms with Crippen molar-refractivity contribution in [1.29, 1.82) is 0 Å². The summed E-state index contributed by atoms with van der Waals surface area (Å²) < 4.78 is 3.68. The molecule has 126 valence electrons. The molecule has 4 heterocycles. The number of imidazole rings is 1. The second-order valence-electron chi connectivity index (χ2n) is 6.11. The molecule has 1 saturated heterocycles. The van der Waals surface area contributed by atoms with Gasteiger partial charge in [0.05, 0.1) is 6.54 Å². The van der Waals surface area contributed by atoms with Gasteiger partial charge in [0, 0.05) is 44.6 Å². The molecule has 0 saturated carbocycles. The van der Waals surface area contributed by atoms with E-state index in [1.165, 1.54) is 4.63 Å². The second-order valence-corrected chi connectivity index (χ2v) is 6.11. The van der Waals surface area contributed by atoms with Gasteiger partial charge in [-0.2, -0.15) is 0 Å². The maximum Gasteiger partial charge on any atom is 0.200 e. The molecule has 1 aliphatic rings. The van der Waals surface area contributed by atoms with E-state index in [4.69, 9.17) is 0 Å². The highest BCUT2D eigenvalue weighted by atomic mass is 15.6. The van der Waals surface area contributed by atoms with Crippen LogP contribution in [0.15, 0.2) is 24.5 Å². The third-order valence-electron chi connectivity index (χ3n) is 4.63. The van der Waals surface area contributed by atoms with Crippen LogP contribution in [0, 0.1) is 0 Å². The van der Waals surface area contributed by atoms with Gasteiger partial charge in [-0.05, 0) is 36.4 Å². The first-order valence-electron chi connectivity index (χ1n) is 8.29. The highest BCUT2D eigenvalue weighted by molar-refractivity contribution is 5.44. The molecule has 0 bridgehead atoms. The minimum Gasteiger partial charge on any atom is -0.352 e. The molecule has 0 aliphatic carbocycles. The number of nitrogens with zero attached hydrogens (tertiary/aromatic N) is 9. The summed E-state index contributed by atoms with van der Waals surface area (Å²) in [5.41, 5.74) is 0.664. The Bertz CT molecular complexity index is 823. The van der Waals surface area contributed by atoms with E-state index < -0.39 is 0 Å². The summed E-state index contributed by atoms with van der Waals surface area (Å²) in [5, 5.41) is 15.9. The molecule has 24 heavy (non-hydrogen) atoms. The number of aromatic nitrogens is 7. The van der Waals surface area contributed by atoms with Gasteiger partial charge in [-0.15, -0.1) is 14.8 Å². The zero-order valence-electron chi connectivity index (χ0n) is 13.9. The minimum atomic E-state index is 0.423. The highest BCUT2D eigenvalue weighted by Gasteiger charge is 2.25. The molecule has 9 nitrogen and oxygen atoms in total. The maximum absolute atomic E-state index is 4.49. The van der Waals surface area contributed by atoms with Crippen LogP contribution in [-0.4, -0.2) is 65.4 Å². The molecule has 4 rings (SSSR count). The number of tetrazole rings is 1. The minimum absolute atomic E-state index is 0.423. The van der Waals surface area contributed by atoms with Crippen molar-refractivity contribution in [1.82, 2.24) is 39.7 Å². The van der Waals surface area contributed by atoms with Crippen LogP contribution < -0.4 is 4.90 Å². The number of piperazine rings is 1. The van der Waals surface area contributed by atoms with Crippen molar-refractivity contribution in [2.75, 3.05) is 24.5 Å². The van der Waals surface area contributed by atoms with Crippen molar-refractivity contribution in [2.45, 2.75) is 33.0 Å². The fourth-order valence-electron chi connectivity index (χ4n) is 3.21. The maximum atomic E-state index is 4.49. The van der Waals surface area contributed by atoms with Crippen molar-refractivity contribution in [3.05, 3.63) is 30.4 Å². The average molecular weight is 327 g/mol. The molecule has 0 radical (unpaired) electrons. The van der Waals surface area contributed by atoms with Gasteiger partial charge in [-0.3, -0.25) is 4.90 Å². The molecule has 1 aliphatic heterocycles. The fourth-order valence-corrected chi connectivity index (χ4v) is 3.21. The van der Waals surface area contributed by atoms with Crippen LogP contribution in [0.3, 0.4) is 0 Å². The van der Waals surface area contributed by atoms with Crippen molar-refractivity contribution >= 4 is 11.5 Å². The van der Waals surface area contributed by atoms with Gasteiger partial charge >= 0.3 is 0 Å². The summed E-state index contributed by atoms with van der Waals surface area (Å²) >= 11 is 0. The topological polar surface area (TPSA) is 80.3 Å². The molecule has 0 spiro atoms. The van der Waals surface area contributed by atoms with Gasteiger partial charge in [-0.25, -0.2) is 4.98 Å². The number of fused-ring (bicyclic) bond motifs is 1. The first kappa shape index (κ1) is 15.0. The van der Waals surface area contributed by atoms with E-state index in [1.54, 1.807) is 0 Å². The van der Waals surface area contributed by atoms with Crippen LogP contribution in [0.4, 0.5) is 5.82 Å². The average Bonchev–Trinajstić information content (AvgIpc) is 3.24. The van der Waals surface area contributed by atoms with Crippen molar-refractivity contribution in [3.8, 4) is 0 Å². The molecule has 0 N–H and O–H groups in total. The SMILES string of the molecule is CCn1ccnc1CN1CCN(c2ccc3nnnn3n2)C[C@@H]1C. The third-order valence-corrected chi connectivity index (χ3v) is 4.63. The van der Waals surface area contributed by atoms with Gasteiger partial charge in [0.25, 0.3) is 0 Å². The number of rotatable bonds is 4. The summed E-state index contributed by atoms with van der Waals surface area (Å²) in [6, 6.07) is 4.31. The van der Waals surface area contributed by atoms with Crippen LogP contribution in [0.1, 0.15) is 19.7 Å². The molecule has 0 unspecified atom stereocenters. The fraction of sp³-hybridized carbons (Fsp3) is 0.533. The summed E-state index contributed by atoms with van der Waals surface area (Å²) in [7, 11) is 0. The molecule has 1 fully saturated rings. The Hall–Kier alpha value is -2.55. The lowest BCUT2D eigenvalue weighted by molar-refractivity contribution is 0.174. The van der Waals surface area contributed by atoms with E-state index in [9.17, 15) is 0 Å². The molecule has 3 aromatic rings. The van der Waals surface area contributed by atoms with Gasteiger partial charge in [0.15, 0.2) is 11.5 Å². The summed E-state index contributed by atoms with van der Waals surface area (Å²) in [6.45, 7) is 9.07. The Morgan fingerprint density at radius 3 is 3.00 bits per heavy atom. The Morgan fingerprint density at radius 1 is 1.25 bits per heavy atom. The lowest BCUT2D eigenvalue weighted by atomic mass is 10.2. The van der Waals surface area contributed by atoms with E-state index in [0.29, 0.717) is 11.7 Å². The third kappa shape index (κ3) is 2.71. The Balaban J connectivity index is 1.45. The van der Waals surface area contributed by atoms with Crippen LogP contribution in [0.2, 0.25) is 0 Å². The number of hydrogen-bond donors (Lipinski definition) is 0. The largest absolute Gasteiger partial charge is 0.352 e. The number of hydrogen-bond acceptors (Lipinski definition) is 7. The van der Waals surface area contributed by atoms with Gasteiger partial charge in [-0.1, -0.05) is 0 Å². The van der Waals surface area contributed by atoms with Crippen LogP contribution in [0.5, 0.6) is 0 Å². The van der Waals surface area contributed by atoms with E-state index in [0.717, 1.165) is 44.4 Å². The van der Waals surface area contributed by atoms with E-state index >= 15 is 0 Å². The zero-order chi connectivity index (χ0) is 16.5. The summed E-state index contributed by atoms with van der Waals surface area (Å²) in [6.07, 6.45) is 3.92. The lowest BCUT2D eigenvalue weighted by Crippen LogP contribution is -2.52. The predicted molar refractivity (Wildman–Crippen MR) is 88.6 cm³/mol. The molecular formula is C15H21N9. The van der Waals surface area contributed by atoms with Gasteiger partial charge in [0.1, 0.15) is 5.82 Å². The molecular weight excluding hydrogens is 306 g/mol. The van der Waals surface area contributed by atoms with E-state index in [1.807, 2.05) is 24.5 Å². The van der Waals surface area contributed by atoms with E-state index in [2.05, 4.69) is 53.8 Å². The molecule has 1 atom stereocenters. The first-order valence-corrected chi connectivity index (χ1v) is 8.29. The first-order chi connectivity index (χ1) is 11.7. The smallest absolute Gasteiger partial charge is 0.200 e. The van der Waals surface area contributed by atoms with Gasteiger partial charge in [0.2, 0.25) is 0 Å². The molecule has 0 amide bonds. The molecule has 9 heteroatoms. The zero-order valence-corrected chi connectivity index (χ0v) is 13.9. The number of anilines is 1. The van der Waals surface area contributed by atoms with Crippen LogP contribution >= 0.6 is 0 Å². The quantitative estimate of drug-likeness (QED) is 0.688. The van der Waals surface area contributed by atoms with Crippen LogP contribution in [0.25, 0.3) is 5.65 Å². The predicted octanol–water partition coefficient (Wildman–Crippen LogP) is 0.446. The standard InChI is InChI=1S/C15H21N9/c1-3-21-7-6-16-15(21)11-22-8-9-23(10-12(22)2)14-5-4-13-17-19-20-24(13)18-14/h4-7,12H,3,8-11H2,1-2H3/t12-/m0/s1. The Labute approximate surface area is 139 Å². The summed E-state index contributed by atoms with van der Waals surface area (Å²) in [4.78, 5) is 9.25. The van der Waals surface area contributed by atoms with Crippen molar-refractivity contribution in [2.24, 2.45) is 0 Å². The Kier molecular flexibility index (Phi) is 3.85. The second kappa shape index (κ2) is 6.16.